The van der Waals surface area contributed by atoms with Crippen molar-refractivity contribution in [1.29, 1.82) is 0 Å². The molecule has 2 aromatic rings. The Balaban J connectivity index is 1.90. The lowest BCUT2D eigenvalue weighted by atomic mass is 10.1. The minimum absolute atomic E-state index is 0.0708. The van der Waals surface area contributed by atoms with Gasteiger partial charge in [0.25, 0.3) is 5.91 Å². The Morgan fingerprint density at radius 2 is 2.04 bits per heavy atom. The molecule has 0 spiro atoms. The molecule has 2 heterocycles. The van der Waals surface area contributed by atoms with Crippen molar-refractivity contribution in [1.82, 2.24) is 15.0 Å². The average Bonchev–Trinajstić information content (AvgIpc) is 3.14. The molecule has 1 saturated heterocycles. The highest BCUT2D eigenvalue weighted by molar-refractivity contribution is 5.98. The maximum Gasteiger partial charge on any atom is 0.291 e. The molecular formula is C19H21N3O3. The first-order chi connectivity index (χ1) is 12.2. The predicted octanol–water partition coefficient (Wildman–Crippen LogP) is 2.80. The van der Waals surface area contributed by atoms with E-state index in [1.165, 1.54) is 10.0 Å². The number of ether oxygens (including phenoxy) is 1. The number of hydrazine groups is 1. The van der Waals surface area contributed by atoms with Crippen molar-refractivity contribution in [3.05, 3.63) is 48.7 Å². The van der Waals surface area contributed by atoms with E-state index in [1.54, 1.807) is 19.3 Å². The number of benzene rings is 1. The second-order valence-corrected chi connectivity index (χ2v) is 5.85. The van der Waals surface area contributed by atoms with Gasteiger partial charge in [-0.25, -0.2) is 9.99 Å². The third-order valence-electron chi connectivity index (χ3n) is 4.23. The summed E-state index contributed by atoms with van der Waals surface area (Å²) in [5.74, 6) is 0.240. The van der Waals surface area contributed by atoms with Crippen LogP contribution in [-0.4, -0.2) is 47.0 Å². The first-order valence-corrected chi connectivity index (χ1v) is 8.32. The number of hydrogen-bond donors (Lipinski definition) is 0. The molecule has 130 valence electrons. The fourth-order valence-corrected chi connectivity index (χ4v) is 2.99. The summed E-state index contributed by atoms with van der Waals surface area (Å²) in [7, 11) is 1.57. The van der Waals surface area contributed by atoms with Gasteiger partial charge in [0, 0.05) is 31.0 Å². The number of para-hydroxylation sites is 1. The van der Waals surface area contributed by atoms with E-state index < -0.39 is 0 Å². The summed E-state index contributed by atoms with van der Waals surface area (Å²) >= 11 is 0. The van der Waals surface area contributed by atoms with Crippen molar-refractivity contribution >= 4 is 22.7 Å². The summed E-state index contributed by atoms with van der Waals surface area (Å²) in [4.78, 5) is 29.7. The topological polar surface area (TPSA) is 62.7 Å². The summed E-state index contributed by atoms with van der Waals surface area (Å²) in [5, 5.41) is 3.86. The number of nitrogens with zero attached hydrogens (tertiary/aromatic N) is 3. The molecule has 0 atom stereocenters. The molecule has 0 aliphatic carbocycles. The number of carbonyl (C=O) groups is 2. The van der Waals surface area contributed by atoms with Crippen molar-refractivity contribution in [2.75, 3.05) is 20.2 Å². The number of allylic oxidation sites excluding steroid dienone is 1. The van der Waals surface area contributed by atoms with E-state index in [0.717, 1.165) is 11.8 Å². The smallest absolute Gasteiger partial charge is 0.291 e. The largest absolute Gasteiger partial charge is 0.496 e. The van der Waals surface area contributed by atoms with Crippen LogP contribution in [0.25, 0.3) is 10.9 Å². The van der Waals surface area contributed by atoms with Gasteiger partial charge in [-0.3, -0.25) is 14.6 Å². The van der Waals surface area contributed by atoms with Crippen LogP contribution in [0.1, 0.15) is 29.8 Å². The van der Waals surface area contributed by atoms with Gasteiger partial charge in [-0.05, 0) is 25.0 Å². The van der Waals surface area contributed by atoms with Crippen LogP contribution in [0.4, 0.5) is 0 Å². The van der Waals surface area contributed by atoms with E-state index in [-0.39, 0.29) is 17.5 Å². The van der Waals surface area contributed by atoms with Crippen LogP contribution in [0.2, 0.25) is 0 Å². The Morgan fingerprint density at radius 3 is 2.80 bits per heavy atom. The first-order valence-electron chi connectivity index (χ1n) is 8.32. The van der Waals surface area contributed by atoms with E-state index in [9.17, 15) is 9.59 Å². The molecular weight excluding hydrogens is 318 g/mol. The molecule has 0 unspecified atom stereocenters. The summed E-state index contributed by atoms with van der Waals surface area (Å²) in [5.41, 5.74) is 0.966. The Hall–Kier alpha value is -2.89. The minimum Gasteiger partial charge on any atom is -0.496 e. The second kappa shape index (κ2) is 7.34. The zero-order valence-electron chi connectivity index (χ0n) is 14.3. The van der Waals surface area contributed by atoms with Crippen LogP contribution in [0.15, 0.2) is 43.0 Å². The van der Waals surface area contributed by atoms with Crippen LogP contribution in [0.5, 0.6) is 5.75 Å². The Bertz CT molecular complexity index is 819. The van der Waals surface area contributed by atoms with Crippen LogP contribution in [0, 0.1) is 0 Å². The first kappa shape index (κ1) is 17.0. The van der Waals surface area contributed by atoms with Gasteiger partial charge in [0.2, 0.25) is 5.91 Å². The summed E-state index contributed by atoms with van der Waals surface area (Å²) < 4.78 is 5.41. The van der Waals surface area contributed by atoms with Gasteiger partial charge in [-0.15, -0.1) is 6.58 Å². The van der Waals surface area contributed by atoms with Gasteiger partial charge in [0.1, 0.15) is 11.4 Å². The van der Waals surface area contributed by atoms with E-state index in [4.69, 9.17) is 4.74 Å². The number of fused-ring (bicyclic) bond motifs is 1. The van der Waals surface area contributed by atoms with E-state index >= 15 is 0 Å². The van der Waals surface area contributed by atoms with Crippen molar-refractivity contribution in [2.24, 2.45) is 0 Å². The fraction of sp³-hybridized carbons (Fsp3) is 0.316. The molecule has 1 aliphatic rings. The fourth-order valence-electron chi connectivity index (χ4n) is 2.99. The highest BCUT2D eigenvalue weighted by Crippen LogP contribution is 2.26. The molecule has 0 saturated carbocycles. The van der Waals surface area contributed by atoms with Crippen molar-refractivity contribution in [2.45, 2.75) is 19.3 Å². The molecule has 1 aliphatic heterocycles. The predicted molar refractivity (Wildman–Crippen MR) is 95.1 cm³/mol. The standard InChI is InChI=1S/C19H21N3O3/c1-3-4-10-18(23)21-11-7-12-22(21)19(24)16-13-17(25-2)14-8-5-6-9-15(14)20-16/h3,5-6,8-9,13H,1,4,7,10-12H2,2H3. The Morgan fingerprint density at radius 1 is 1.28 bits per heavy atom. The van der Waals surface area contributed by atoms with Crippen LogP contribution in [-0.2, 0) is 4.79 Å². The lowest BCUT2D eigenvalue weighted by molar-refractivity contribution is -0.140. The van der Waals surface area contributed by atoms with E-state index in [2.05, 4.69) is 11.6 Å². The number of rotatable bonds is 5. The van der Waals surface area contributed by atoms with Crippen LogP contribution in [0.3, 0.4) is 0 Å². The van der Waals surface area contributed by atoms with E-state index in [0.29, 0.717) is 37.2 Å². The summed E-state index contributed by atoms with van der Waals surface area (Å²) in [6.07, 6.45) is 3.41. The molecule has 0 N–H and O–H groups in total. The molecule has 25 heavy (non-hydrogen) atoms. The second-order valence-electron chi connectivity index (χ2n) is 5.85. The number of pyridine rings is 1. The van der Waals surface area contributed by atoms with Gasteiger partial charge in [0.15, 0.2) is 0 Å². The van der Waals surface area contributed by atoms with Gasteiger partial charge >= 0.3 is 0 Å². The van der Waals surface area contributed by atoms with Gasteiger partial charge < -0.3 is 4.74 Å². The highest BCUT2D eigenvalue weighted by atomic mass is 16.5. The highest BCUT2D eigenvalue weighted by Gasteiger charge is 2.31. The minimum atomic E-state index is -0.284. The number of hydrogen-bond acceptors (Lipinski definition) is 4. The zero-order valence-corrected chi connectivity index (χ0v) is 14.3. The molecule has 6 nitrogen and oxygen atoms in total. The maximum atomic E-state index is 12.9. The maximum absolute atomic E-state index is 12.9. The van der Waals surface area contributed by atoms with Gasteiger partial charge in [0.05, 0.1) is 12.6 Å². The van der Waals surface area contributed by atoms with Crippen LogP contribution < -0.4 is 4.74 Å². The number of carbonyl (C=O) groups excluding carboxylic acids is 2. The molecule has 2 amide bonds. The van der Waals surface area contributed by atoms with Crippen molar-refractivity contribution in [3.8, 4) is 5.75 Å². The van der Waals surface area contributed by atoms with Gasteiger partial charge in [-0.1, -0.05) is 18.2 Å². The summed E-state index contributed by atoms with van der Waals surface area (Å²) in [6, 6.07) is 9.13. The number of aromatic nitrogens is 1. The third-order valence-corrected chi connectivity index (χ3v) is 4.23. The number of amides is 2. The van der Waals surface area contributed by atoms with Crippen molar-refractivity contribution in [3.63, 3.8) is 0 Å². The molecule has 1 aromatic carbocycles. The van der Waals surface area contributed by atoms with E-state index in [1.807, 2.05) is 24.3 Å². The molecule has 6 heteroatoms. The van der Waals surface area contributed by atoms with Crippen LogP contribution >= 0.6 is 0 Å². The van der Waals surface area contributed by atoms with Gasteiger partial charge in [-0.2, -0.15) is 0 Å². The Kier molecular flexibility index (Phi) is 4.97. The lowest BCUT2D eigenvalue weighted by Gasteiger charge is -2.27. The third kappa shape index (κ3) is 3.33. The molecule has 1 aromatic heterocycles. The molecule has 0 bridgehead atoms. The molecule has 3 rings (SSSR count). The average molecular weight is 339 g/mol. The van der Waals surface area contributed by atoms with Crippen molar-refractivity contribution < 1.29 is 14.3 Å². The monoisotopic (exact) mass is 339 g/mol. The number of methoxy groups -OCH3 is 1. The molecule has 1 fully saturated rings. The zero-order chi connectivity index (χ0) is 17.8. The quantitative estimate of drug-likeness (QED) is 0.786. The lowest BCUT2D eigenvalue weighted by Crippen LogP contribution is -2.45. The Labute approximate surface area is 146 Å². The SMILES string of the molecule is C=CCCC(=O)N1CCCN1C(=O)c1cc(OC)c2ccccc2n1. The normalized spacial score (nSPS) is 14.0. The molecule has 0 radical (unpaired) electrons. The summed E-state index contributed by atoms with van der Waals surface area (Å²) in [6.45, 7) is 4.69.